The van der Waals surface area contributed by atoms with Gasteiger partial charge in [-0.2, -0.15) is 0 Å². The molecule has 0 spiro atoms. The van der Waals surface area contributed by atoms with Crippen molar-refractivity contribution >= 4 is 23.6 Å². The lowest BCUT2D eigenvalue weighted by atomic mass is 10.2. The van der Waals surface area contributed by atoms with Gasteiger partial charge in [-0.15, -0.1) is 0 Å². The fourth-order valence-electron chi connectivity index (χ4n) is 4.20. The molecule has 1 aliphatic carbocycles. The van der Waals surface area contributed by atoms with E-state index in [2.05, 4.69) is 5.32 Å². The molecule has 4 rings (SSSR count). The Bertz CT molecular complexity index is 839. The Morgan fingerprint density at radius 3 is 2.33 bits per heavy atom. The molecule has 10 heteroatoms. The van der Waals surface area contributed by atoms with Gasteiger partial charge in [0, 0.05) is 43.1 Å². The van der Waals surface area contributed by atoms with Gasteiger partial charge in [-0.05, 0) is 20.8 Å². The Morgan fingerprint density at radius 2 is 1.83 bits per heavy atom. The van der Waals surface area contributed by atoms with Crippen LogP contribution in [0.4, 0.5) is 29.7 Å². The van der Waals surface area contributed by atoms with E-state index in [1.165, 1.54) is 0 Å². The van der Waals surface area contributed by atoms with E-state index in [0.717, 1.165) is 17.0 Å². The number of halogens is 2. The second-order valence-electron chi connectivity index (χ2n) is 8.96. The van der Waals surface area contributed by atoms with E-state index in [1.807, 2.05) is 0 Å². The zero-order chi connectivity index (χ0) is 21.8. The monoisotopic (exact) mass is 425 g/mol. The number of anilines is 2. The second kappa shape index (κ2) is 7.26. The van der Waals surface area contributed by atoms with Crippen LogP contribution in [0.3, 0.4) is 0 Å². The fraction of sp³-hybridized carbons (Fsp3) is 0.600. The third-order valence-corrected chi connectivity index (χ3v) is 5.58. The van der Waals surface area contributed by atoms with Crippen molar-refractivity contribution in [1.82, 2.24) is 5.32 Å². The molecule has 2 amide bonds. The molecule has 3 aliphatic rings. The molecule has 0 radical (unpaired) electrons. The minimum absolute atomic E-state index is 0.0272. The van der Waals surface area contributed by atoms with E-state index >= 15 is 0 Å². The second-order valence-corrected chi connectivity index (χ2v) is 8.96. The average Bonchev–Trinajstić information content (AvgIpc) is 2.96. The molecule has 2 heterocycles. The predicted molar refractivity (Wildman–Crippen MR) is 103 cm³/mol. The largest absolute Gasteiger partial charge is 0.444 e. The SMILES string of the molecule is CC(C)(C)OC(=O)NC1C2CN(c3c(F)cc(N4CC(CO)OC4=O)cc3F)CC21. The number of cyclic esters (lactones) is 1. The number of nitrogens with zero attached hydrogens (tertiary/aromatic N) is 2. The van der Waals surface area contributed by atoms with Crippen LogP contribution in [-0.2, 0) is 9.47 Å². The standard InChI is InChI=1S/C20H25F2N3O5/c1-20(2,3)30-18(27)23-16-12-7-24(8-13(12)16)17-14(21)4-10(5-15(17)22)25-6-11(9-26)29-19(25)28/h4-5,11-13,16,26H,6-9H2,1-3H3,(H,23,27). The minimum atomic E-state index is -0.775. The Morgan fingerprint density at radius 1 is 1.23 bits per heavy atom. The Kier molecular flexibility index (Phi) is 5.00. The number of hydrogen-bond donors (Lipinski definition) is 2. The molecule has 2 aliphatic heterocycles. The van der Waals surface area contributed by atoms with Gasteiger partial charge in [0.2, 0.25) is 0 Å². The number of aliphatic hydroxyl groups is 1. The van der Waals surface area contributed by atoms with Crippen LogP contribution in [0, 0.1) is 23.5 Å². The molecule has 2 N–H and O–H groups in total. The van der Waals surface area contributed by atoms with Crippen LogP contribution >= 0.6 is 0 Å². The maximum atomic E-state index is 14.8. The lowest BCUT2D eigenvalue weighted by molar-refractivity contribution is 0.0518. The molecule has 164 valence electrons. The summed E-state index contributed by atoms with van der Waals surface area (Å²) in [5.41, 5.74) is -0.690. The van der Waals surface area contributed by atoms with Crippen molar-refractivity contribution in [1.29, 1.82) is 0 Å². The number of ether oxygens (including phenoxy) is 2. The van der Waals surface area contributed by atoms with Crippen LogP contribution in [0.2, 0.25) is 0 Å². The van der Waals surface area contributed by atoms with Crippen molar-refractivity contribution in [3.63, 3.8) is 0 Å². The summed E-state index contributed by atoms with van der Waals surface area (Å²) in [6, 6.07) is 2.14. The molecule has 8 nitrogen and oxygen atoms in total. The zero-order valence-electron chi connectivity index (χ0n) is 17.0. The first-order valence-corrected chi connectivity index (χ1v) is 9.90. The van der Waals surface area contributed by atoms with Gasteiger partial charge in [-0.25, -0.2) is 18.4 Å². The number of carbonyl (C=O) groups excluding carboxylic acids is 2. The lowest BCUT2D eigenvalue weighted by Gasteiger charge is -2.25. The van der Waals surface area contributed by atoms with Crippen LogP contribution < -0.4 is 15.1 Å². The van der Waals surface area contributed by atoms with Crippen molar-refractivity contribution < 1.29 is 33.0 Å². The number of benzene rings is 1. The van der Waals surface area contributed by atoms with E-state index in [-0.39, 0.29) is 42.4 Å². The number of nitrogens with one attached hydrogen (secondary N) is 1. The third-order valence-electron chi connectivity index (χ3n) is 5.58. The summed E-state index contributed by atoms with van der Waals surface area (Å²) in [6.07, 6.45) is -1.96. The normalized spacial score (nSPS) is 27.7. The highest BCUT2D eigenvalue weighted by Crippen LogP contribution is 2.48. The molecule has 1 aromatic carbocycles. The number of aliphatic hydroxyl groups excluding tert-OH is 1. The van der Waals surface area contributed by atoms with Crippen molar-refractivity contribution in [3.8, 4) is 0 Å². The number of alkyl carbamates (subject to hydrolysis) is 1. The molecule has 1 saturated carbocycles. The summed E-state index contributed by atoms with van der Waals surface area (Å²) in [5, 5.41) is 11.9. The molecule has 0 bridgehead atoms. The van der Waals surface area contributed by atoms with Gasteiger partial charge >= 0.3 is 12.2 Å². The predicted octanol–water partition coefficient (Wildman–Crippen LogP) is 2.24. The van der Waals surface area contributed by atoms with Gasteiger partial charge < -0.3 is 24.8 Å². The number of amides is 2. The Balaban J connectivity index is 1.40. The first-order valence-electron chi connectivity index (χ1n) is 9.90. The number of hydrogen-bond acceptors (Lipinski definition) is 6. The van der Waals surface area contributed by atoms with Crippen LogP contribution in [0.15, 0.2) is 12.1 Å². The zero-order valence-corrected chi connectivity index (χ0v) is 17.0. The lowest BCUT2D eigenvalue weighted by Crippen LogP contribution is -2.38. The van der Waals surface area contributed by atoms with Gasteiger partial charge in [0.1, 0.15) is 17.4 Å². The molecule has 30 heavy (non-hydrogen) atoms. The van der Waals surface area contributed by atoms with Crippen molar-refractivity contribution in [2.24, 2.45) is 11.8 Å². The molecule has 3 atom stereocenters. The smallest absolute Gasteiger partial charge is 0.414 e. The van der Waals surface area contributed by atoms with Crippen LogP contribution in [0.1, 0.15) is 20.8 Å². The quantitative estimate of drug-likeness (QED) is 0.769. The minimum Gasteiger partial charge on any atom is -0.444 e. The number of carbonyl (C=O) groups is 2. The highest BCUT2D eigenvalue weighted by molar-refractivity contribution is 5.90. The van der Waals surface area contributed by atoms with E-state index in [0.29, 0.717) is 13.1 Å². The maximum absolute atomic E-state index is 14.8. The molecule has 2 saturated heterocycles. The van der Waals surface area contributed by atoms with Crippen LogP contribution in [-0.4, -0.2) is 61.3 Å². The summed E-state index contributed by atoms with van der Waals surface area (Å²) in [4.78, 5) is 26.5. The van der Waals surface area contributed by atoms with Crippen LogP contribution in [0.5, 0.6) is 0 Å². The first-order chi connectivity index (χ1) is 14.1. The van der Waals surface area contributed by atoms with Gasteiger partial charge in [0.25, 0.3) is 0 Å². The number of piperidine rings is 1. The Hall–Kier alpha value is -2.62. The van der Waals surface area contributed by atoms with E-state index in [4.69, 9.17) is 14.6 Å². The summed E-state index contributed by atoms with van der Waals surface area (Å²) in [5.74, 6) is -1.34. The van der Waals surface area contributed by atoms with Crippen LogP contribution in [0.25, 0.3) is 0 Å². The van der Waals surface area contributed by atoms with Crippen molar-refractivity contribution in [2.45, 2.75) is 38.5 Å². The highest BCUT2D eigenvalue weighted by Gasteiger charge is 2.57. The summed E-state index contributed by atoms with van der Waals surface area (Å²) < 4.78 is 39.7. The maximum Gasteiger partial charge on any atom is 0.414 e. The van der Waals surface area contributed by atoms with Gasteiger partial charge in [-0.3, -0.25) is 4.90 Å². The summed E-state index contributed by atoms with van der Waals surface area (Å²) >= 11 is 0. The molecule has 3 unspecified atom stereocenters. The molecule has 3 fully saturated rings. The highest BCUT2D eigenvalue weighted by atomic mass is 19.1. The van der Waals surface area contributed by atoms with Crippen molar-refractivity contribution in [3.05, 3.63) is 23.8 Å². The molecular formula is C20H25F2N3O5. The number of rotatable bonds is 4. The topological polar surface area (TPSA) is 91.3 Å². The summed E-state index contributed by atoms with van der Waals surface area (Å²) in [7, 11) is 0. The van der Waals surface area contributed by atoms with Gasteiger partial charge in [0.15, 0.2) is 11.6 Å². The molecular weight excluding hydrogens is 400 g/mol. The molecule has 1 aromatic rings. The fourth-order valence-corrected chi connectivity index (χ4v) is 4.20. The Labute approximate surface area is 172 Å². The third kappa shape index (κ3) is 3.88. The van der Waals surface area contributed by atoms with E-state index in [9.17, 15) is 18.4 Å². The van der Waals surface area contributed by atoms with Gasteiger partial charge in [-0.1, -0.05) is 0 Å². The average molecular weight is 425 g/mol. The molecule has 0 aromatic heterocycles. The van der Waals surface area contributed by atoms with E-state index in [1.54, 1.807) is 25.7 Å². The first kappa shape index (κ1) is 20.6. The van der Waals surface area contributed by atoms with Gasteiger partial charge in [0.05, 0.1) is 18.8 Å². The van der Waals surface area contributed by atoms with E-state index < -0.39 is 35.5 Å². The number of fused-ring (bicyclic) bond motifs is 1. The van der Waals surface area contributed by atoms with Crippen molar-refractivity contribution in [2.75, 3.05) is 36.0 Å². The summed E-state index contributed by atoms with van der Waals surface area (Å²) in [6.45, 7) is 5.84.